The second kappa shape index (κ2) is 7.18. The van der Waals surface area contributed by atoms with Crippen LogP contribution in [0, 0.1) is 13.8 Å². The van der Waals surface area contributed by atoms with Gasteiger partial charge in [-0.05, 0) is 37.6 Å². The number of thiazole rings is 1. The normalized spacial score (nSPS) is 11.0. The van der Waals surface area contributed by atoms with Crippen LogP contribution in [0.3, 0.4) is 0 Å². The SMILES string of the molecule is Cc1ccc(C(=O)Nc2nc3ncn(-c4c(C)cccc4Cl)c(=O)c3s2)cc1. The molecule has 4 aromatic rings. The second-order valence-electron chi connectivity index (χ2n) is 6.32. The van der Waals surface area contributed by atoms with Gasteiger partial charge in [0.05, 0.1) is 10.7 Å². The van der Waals surface area contributed by atoms with Gasteiger partial charge in [-0.3, -0.25) is 19.5 Å². The van der Waals surface area contributed by atoms with E-state index >= 15 is 0 Å². The molecule has 6 nitrogen and oxygen atoms in total. The Balaban J connectivity index is 1.72. The van der Waals surface area contributed by atoms with Crippen molar-refractivity contribution in [2.45, 2.75) is 13.8 Å². The lowest BCUT2D eigenvalue weighted by molar-refractivity contribution is 0.102. The Kier molecular flexibility index (Phi) is 4.70. The third kappa shape index (κ3) is 3.30. The first kappa shape index (κ1) is 18.3. The summed E-state index contributed by atoms with van der Waals surface area (Å²) in [5, 5.41) is 3.51. The van der Waals surface area contributed by atoms with Crippen molar-refractivity contribution in [2.75, 3.05) is 5.32 Å². The predicted molar refractivity (Wildman–Crippen MR) is 112 cm³/mol. The summed E-state index contributed by atoms with van der Waals surface area (Å²) < 4.78 is 1.75. The van der Waals surface area contributed by atoms with E-state index in [9.17, 15) is 9.59 Å². The third-order valence-corrected chi connectivity index (χ3v) is 5.53. The van der Waals surface area contributed by atoms with Gasteiger partial charge in [-0.15, -0.1) is 0 Å². The van der Waals surface area contributed by atoms with Crippen LogP contribution in [0.5, 0.6) is 0 Å². The van der Waals surface area contributed by atoms with Crippen molar-refractivity contribution in [1.29, 1.82) is 0 Å². The van der Waals surface area contributed by atoms with E-state index in [-0.39, 0.29) is 17.1 Å². The Hall–Kier alpha value is -3.03. The molecule has 0 atom stereocenters. The highest BCUT2D eigenvalue weighted by Gasteiger charge is 2.16. The molecule has 0 spiro atoms. The molecule has 0 bridgehead atoms. The lowest BCUT2D eigenvalue weighted by Crippen LogP contribution is -2.19. The number of hydrogen-bond donors (Lipinski definition) is 1. The molecule has 0 aliphatic heterocycles. The Labute approximate surface area is 169 Å². The number of fused-ring (bicyclic) bond motifs is 1. The van der Waals surface area contributed by atoms with Crippen LogP contribution in [0.2, 0.25) is 5.02 Å². The zero-order valence-electron chi connectivity index (χ0n) is 15.1. The van der Waals surface area contributed by atoms with Crippen molar-refractivity contribution < 1.29 is 4.79 Å². The number of halogens is 1. The Morgan fingerprint density at radius 2 is 1.89 bits per heavy atom. The minimum Gasteiger partial charge on any atom is -0.298 e. The topological polar surface area (TPSA) is 76.9 Å². The largest absolute Gasteiger partial charge is 0.298 e. The standard InChI is InChI=1S/C20H15ClN4O2S/c1-11-6-8-13(9-7-11)18(26)24-20-23-17-16(28-20)19(27)25(10-22-17)15-12(2)4-3-5-14(15)21/h3-10H,1-2H3,(H,23,24,26). The van der Waals surface area contributed by atoms with Crippen molar-refractivity contribution in [3.05, 3.63) is 80.9 Å². The summed E-state index contributed by atoms with van der Waals surface area (Å²) in [6, 6.07) is 12.6. The van der Waals surface area contributed by atoms with Gasteiger partial charge < -0.3 is 0 Å². The van der Waals surface area contributed by atoms with Crippen LogP contribution in [-0.2, 0) is 0 Å². The molecule has 140 valence electrons. The van der Waals surface area contributed by atoms with Crippen LogP contribution in [0.15, 0.2) is 53.6 Å². The fourth-order valence-electron chi connectivity index (χ4n) is 2.83. The third-order valence-electron chi connectivity index (χ3n) is 4.28. The highest BCUT2D eigenvalue weighted by atomic mass is 35.5. The molecule has 28 heavy (non-hydrogen) atoms. The number of amides is 1. The monoisotopic (exact) mass is 410 g/mol. The molecular formula is C20H15ClN4O2S. The maximum atomic E-state index is 13.0. The summed E-state index contributed by atoms with van der Waals surface area (Å²) in [5.74, 6) is -0.290. The molecule has 0 aliphatic carbocycles. The van der Waals surface area contributed by atoms with Gasteiger partial charge in [0.15, 0.2) is 10.8 Å². The van der Waals surface area contributed by atoms with Gasteiger partial charge in [0, 0.05) is 5.56 Å². The van der Waals surface area contributed by atoms with Crippen molar-refractivity contribution in [3.63, 3.8) is 0 Å². The quantitative estimate of drug-likeness (QED) is 0.544. The number of carbonyl (C=O) groups excluding carboxylic acids is 1. The lowest BCUT2D eigenvalue weighted by atomic mass is 10.1. The van der Waals surface area contributed by atoms with Gasteiger partial charge in [-0.1, -0.05) is 52.8 Å². The predicted octanol–water partition coefficient (Wildman–Crippen LogP) is 4.36. The fraction of sp³-hybridized carbons (Fsp3) is 0.100. The molecule has 0 unspecified atom stereocenters. The van der Waals surface area contributed by atoms with E-state index in [1.807, 2.05) is 38.1 Å². The maximum Gasteiger partial charge on any atom is 0.277 e. The van der Waals surface area contributed by atoms with Crippen LogP contribution in [0.25, 0.3) is 16.0 Å². The van der Waals surface area contributed by atoms with Crippen molar-refractivity contribution >= 4 is 44.3 Å². The van der Waals surface area contributed by atoms with E-state index in [4.69, 9.17) is 11.6 Å². The van der Waals surface area contributed by atoms with Crippen molar-refractivity contribution in [3.8, 4) is 5.69 Å². The first-order valence-corrected chi connectivity index (χ1v) is 9.65. The maximum absolute atomic E-state index is 13.0. The van der Waals surface area contributed by atoms with Gasteiger partial charge in [-0.25, -0.2) is 4.98 Å². The van der Waals surface area contributed by atoms with E-state index in [1.165, 1.54) is 10.9 Å². The molecule has 0 saturated heterocycles. The molecule has 1 amide bonds. The summed E-state index contributed by atoms with van der Waals surface area (Å²) in [4.78, 5) is 33.9. The Bertz CT molecular complexity index is 1240. The molecule has 0 radical (unpaired) electrons. The molecule has 2 aromatic carbocycles. The number of carbonyl (C=O) groups is 1. The zero-order chi connectivity index (χ0) is 19.8. The van der Waals surface area contributed by atoms with Crippen LogP contribution in [-0.4, -0.2) is 20.4 Å². The van der Waals surface area contributed by atoms with Gasteiger partial charge in [0.1, 0.15) is 11.0 Å². The lowest BCUT2D eigenvalue weighted by Gasteiger charge is -2.10. The number of benzene rings is 2. The minimum absolute atomic E-state index is 0.283. The molecule has 1 N–H and O–H groups in total. The number of para-hydroxylation sites is 1. The number of rotatable bonds is 3. The van der Waals surface area contributed by atoms with Gasteiger partial charge in [-0.2, -0.15) is 4.98 Å². The number of aromatic nitrogens is 3. The second-order valence-corrected chi connectivity index (χ2v) is 7.72. The molecule has 2 aromatic heterocycles. The van der Waals surface area contributed by atoms with Crippen LogP contribution in [0.1, 0.15) is 21.5 Å². The summed E-state index contributed by atoms with van der Waals surface area (Å²) in [5.41, 5.74) is 3.03. The molecule has 0 fully saturated rings. The van der Waals surface area contributed by atoms with E-state index in [1.54, 1.807) is 18.2 Å². The Morgan fingerprint density at radius 1 is 1.14 bits per heavy atom. The minimum atomic E-state index is -0.290. The number of aryl methyl sites for hydroxylation is 2. The zero-order valence-corrected chi connectivity index (χ0v) is 16.6. The van der Waals surface area contributed by atoms with Gasteiger partial charge >= 0.3 is 0 Å². The van der Waals surface area contributed by atoms with Crippen LogP contribution >= 0.6 is 22.9 Å². The van der Waals surface area contributed by atoms with E-state index in [2.05, 4.69) is 15.3 Å². The van der Waals surface area contributed by atoms with Crippen molar-refractivity contribution in [1.82, 2.24) is 14.5 Å². The first-order chi connectivity index (χ1) is 13.4. The van der Waals surface area contributed by atoms with E-state index < -0.39 is 0 Å². The van der Waals surface area contributed by atoms with Crippen LogP contribution < -0.4 is 10.9 Å². The summed E-state index contributed by atoms with van der Waals surface area (Å²) in [6.45, 7) is 3.82. The van der Waals surface area contributed by atoms with E-state index in [0.717, 1.165) is 22.5 Å². The fourth-order valence-corrected chi connectivity index (χ4v) is 3.99. The van der Waals surface area contributed by atoms with E-state index in [0.29, 0.717) is 26.1 Å². The number of nitrogens with zero attached hydrogens (tertiary/aromatic N) is 3. The molecule has 2 heterocycles. The molecule has 0 aliphatic rings. The molecule has 0 saturated carbocycles. The summed E-state index contributed by atoms with van der Waals surface area (Å²) in [7, 11) is 0. The first-order valence-electron chi connectivity index (χ1n) is 8.46. The van der Waals surface area contributed by atoms with Crippen LogP contribution in [0.4, 0.5) is 5.13 Å². The molecular weight excluding hydrogens is 396 g/mol. The molecule has 8 heteroatoms. The highest BCUT2D eigenvalue weighted by Crippen LogP contribution is 2.26. The number of hydrogen-bond acceptors (Lipinski definition) is 5. The Morgan fingerprint density at radius 3 is 2.61 bits per heavy atom. The number of nitrogens with one attached hydrogen (secondary N) is 1. The molecule has 4 rings (SSSR count). The number of anilines is 1. The van der Waals surface area contributed by atoms with Gasteiger partial charge in [0.25, 0.3) is 11.5 Å². The average Bonchev–Trinajstić information content (AvgIpc) is 3.07. The average molecular weight is 411 g/mol. The van der Waals surface area contributed by atoms with Gasteiger partial charge in [0.2, 0.25) is 0 Å². The summed E-state index contributed by atoms with van der Waals surface area (Å²) >= 11 is 7.37. The summed E-state index contributed by atoms with van der Waals surface area (Å²) in [6.07, 6.45) is 1.41. The highest BCUT2D eigenvalue weighted by molar-refractivity contribution is 7.22. The van der Waals surface area contributed by atoms with Crippen molar-refractivity contribution in [2.24, 2.45) is 0 Å². The smallest absolute Gasteiger partial charge is 0.277 e.